The fraction of sp³-hybridized carbons (Fsp3) is 0.333. The van der Waals surface area contributed by atoms with E-state index in [2.05, 4.69) is 10.4 Å². The Morgan fingerprint density at radius 3 is 2.79 bits per heavy atom. The number of Topliss-reactive ketones (excluding diaryl/α,β-unsaturated/α-hetero) is 1. The summed E-state index contributed by atoms with van der Waals surface area (Å²) in [5.74, 6) is 0.134. The molecule has 0 saturated heterocycles. The van der Waals surface area contributed by atoms with E-state index >= 15 is 0 Å². The summed E-state index contributed by atoms with van der Waals surface area (Å²) >= 11 is 0. The molecular weight excluding hydrogens is 238 g/mol. The van der Waals surface area contributed by atoms with Crippen LogP contribution in [0.15, 0.2) is 42.6 Å². The molecule has 1 aromatic carbocycles. The van der Waals surface area contributed by atoms with Gasteiger partial charge in [-0.2, -0.15) is 5.10 Å². The standard InChI is InChI=1S/C15H17N3O/c19-15(9-10-16-12-6-7-12)14-8-11-17-18(14)13-4-2-1-3-5-13/h1-5,8,11-12,16H,6-7,9-10H2. The van der Waals surface area contributed by atoms with Crippen molar-refractivity contribution in [2.75, 3.05) is 6.54 Å². The Hall–Kier alpha value is -1.94. The molecule has 1 aromatic heterocycles. The number of nitrogens with one attached hydrogen (secondary N) is 1. The van der Waals surface area contributed by atoms with Gasteiger partial charge in [0.05, 0.1) is 11.9 Å². The lowest BCUT2D eigenvalue weighted by atomic mass is 10.2. The quantitative estimate of drug-likeness (QED) is 0.805. The molecule has 0 spiro atoms. The van der Waals surface area contributed by atoms with Gasteiger partial charge in [-0.3, -0.25) is 4.79 Å². The number of benzene rings is 1. The number of ketones is 1. The van der Waals surface area contributed by atoms with Gasteiger partial charge < -0.3 is 5.32 Å². The van der Waals surface area contributed by atoms with Crippen molar-refractivity contribution in [3.8, 4) is 5.69 Å². The molecule has 3 rings (SSSR count). The van der Waals surface area contributed by atoms with Gasteiger partial charge in [0.1, 0.15) is 5.69 Å². The van der Waals surface area contributed by atoms with Crippen molar-refractivity contribution in [3.63, 3.8) is 0 Å². The number of para-hydroxylation sites is 1. The maximum Gasteiger partial charge on any atom is 0.182 e. The van der Waals surface area contributed by atoms with Crippen molar-refractivity contribution in [1.29, 1.82) is 0 Å². The normalized spacial score (nSPS) is 14.5. The third-order valence-corrected chi connectivity index (χ3v) is 3.29. The molecule has 0 amide bonds. The minimum atomic E-state index is 0.134. The lowest BCUT2D eigenvalue weighted by molar-refractivity contribution is 0.0975. The van der Waals surface area contributed by atoms with Crippen molar-refractivity contribution in [1.82, 2.24) is 15.1 Å². The summed E-state index contributed by atoms with van der Waals surface area (Å²) in [4.78, 5) is 12.2. The minimum absolute atomic E-state index is 0.134. The van der Waals surface area contributed by atoms with Gasteiger partial charge >= 0.3 is 0 Å². The van der Waals surface area contributed by atoms with Crippen LogP contribution in [0.4, 0.5) is 0 Å². The molecule has 98 valence electrons. The van der Waals surface area contributed by atoms with Crippen molar-refractivity contribution in [2.24, 2.45) is 0 Å². The molecule has 4 nitrogen and oxygen atoms in total. The fourth-order valence-corrected chi connectivity index (χ4v) is 2.09. The second-order valence-corrected chi connectivity index (χ2v) is 4.87. The molecule has 1 N–H and O–H groups in total. The SMILES string of the molecule is O=C(CCNC1CC1)c1ccnn1-c1ccccc1. The molecule has 1 aliphatic rings. The molecule has 2 aromatic rings. The van der Waals surface area contributed by atoms with Crippen LogP contribution in [0.5, 0.6) is 0 Å². The number of carbonyl (C=O) groups is 1. The summed E-state index contributed by atoms with van der Waals surface area (Å²) in [5, 5.41) is 7.60. The van der Waals surface area contributed by atoms with E-state index in [1.807, 2.05) is 30.3 Å². The van der Waals surface area contributed by atoms with Crippen LogP contribution >= 0.6 is 0 Å². The maximum absolute atomic E-state index is 12.2. The molecule has 0 atom stereocenters. The van der Waals surface area contributed by atoms with E-state index in [4.69, 9.17) is 0 Å². The molecule has 1 heterocycles. The zero-order chi connectivity index (χ0) is 13.1. The van der Waals surface area contributed by atoms with E-state index in [0.29, 0.717) is 18.2 Å². The third kappa shape index (κ3) is 2.90. The van der Waals surface area contributed by atoms with Gasteiger partial charge in [0.15, 0.2) is 5.78 Å². The Labute approximate surface area is 112 Å². The van der Waals surface area contributed by atoms with Crippen molar-refractivity contribution in [3.05, 3.63) is 48.3 Å². The average Bonchev–Trinajstić information content (AvgIpc) is 3.13. The Kier molecular flexibility index (Phi) is 3.42. The number of rotatable bonds is 6. The topological polar surface area (TPSA) is 46.9 Å². The summed E-state index contributed by atoms with van der Waals surface area (Å²) in [6.45, 7) is 0.753. The number of hydrogen-bond acceptors (Lipinski definition) is 3. The van der Waals surface area contributed by atoms with Crippen LogP contribution in [0.3, 0.4) is 0 Å². The first kappa shape index (κ1) is 12.1. The van der Waals surface area contributed by atoms with E-state index in [1.54, 1.807) is 16.9 Å². The highest BCUT2D eigenvalue weighted by Crippen LogP contribution is 2.18. The Morgan fingerprint density at radius 2 is 2.05 bits per heavy atom. The van der Waals surface area contributed by atoms with Crippen LogP contribution in [0.2, 0.25) is 0 Å². The molecule has 19 heavy (non-hydrogen) atoms. The van der Waals surface area contributed by atoms with E-state index < -0.39 is 0 Å². The van der Waals surface area contributed by atoms with Gasteiger partial charge in [0.2, 0.25) is 0 Å². The summed E-state index contributed by atoms with van der Waals surface area (Å²) in [6, 6.07) is 12.2. The van der Waals surface area contributed by atoms with Gasteiger partial charge in [-0.05, 0) is 31.0 Å². The monoisotopic (exact) mass is 255 g/mol. The van der Waals surface area contributed by atoms with E-state index in [1.165, 1.54) is 12.8 Å². The molecule has 1 fully saturated rings. The van der Waals surface area contributed by atoms with Crippen LogP contribution in [0.25, 0.3) is 5.69 Å². The predicted octanol–water partition coefficient (Wildman–Crippen LogP) is 2.20. The second kappa shape index (κ2) is 5.36. The highest BCUT2D eigenvalue weighted by atomic mass is 16.1. The first-order valence-corrected chi connectivity index (χ1v) is 6.70. The third-order valence-electron chi connectivity index (χ3n) is 3.29. The van der Waals surface area contributed by atoms with Gasteiger partial charge in [-0.15, -0.1) is 0 Å². The van der Waals surface area contributed by atoms with Crippen molar-refractivity contribution in [2.45, 2.75) is 25.3 Å². The minimum Gasteiger partial charge on any atom is -0.314 e. The van der Waals surface area contributed by atoms with E-state index in [-0.39, 0.29) is 5.78 Å². The smallest absolute Gasteiger partial charge is 0.182 e. The lowest BCUT2D eigenvalue weighted by Gasteiger charge is -2.07. The summed E-state index contributed by atoms with van der Waals surface area (Å²) in [7, 11) is 0. The lowest BCUT2D eigenvalue weighted by Crippen LogP contribution is -2.21. The first-order valence-electron chi connectivity index (χ1n) is 6.70. The molecule has 1 saturated carbocycles. The van der Waals surface area contributed by atoms with Crippen LogP contribution in [-0.4, -0.2) is 28.2 Å². The number of nitrogens with zero attached hydrogens (tertiary/aromatic N) is 2. The maximum atomic E-state index is 12.2. The molecule has 0 bridgehead atoms. The number of hydrogen-bond donors (Lipinski definition) is 1. The van der Waals surface area contributed by atoms with Crippen LogP contribution in [0, 0.1) is 0 Å². The Balaban J connectivity index is 1.70. The summed E-state index contributed by atoms with van der Waals surface area (Å²) in [5.41, 5.74) is 1.58. The van der Waals surface area contributed by atoms with Gasteiger partial charge in [0, 0.05) is 19.0 Å². The van der Waals surface area contributed by atoms with E-state index in [0.717, 1.165) is 12.2 Å². The van der Waals surface area contributed by atoms with Gasteiger partial charge in [-0.1, -0.05) is 18.2 Å². The number of carbonyl (C=O) groups excluding carboxylic acids is 1. The average molecular weight is 255 g/mol. The van der Waals surface area contributed by atoms with Crippen molar-refractivity contribution >= 4 is 5.78 Å². The van der Waals surface area contributed by atoms with Gasteiger partial charge in [-0.25, -0.2) is 4.68 Å². The second-order valence-electron chi connectivity index (χ2n) is 4.87. The molecule has 4 heteroatoms. The first-order chi connectivity index (χ1) is 9.34. The van der Waals surface area contributed by atoms with E-state index in [9.17, 15) is 4.79 Å². The van der Waals surface area contributed by atoms with Crippen LogP contribution in [-0.2, 0) is 0 Å². The van der Waals surface area contributed by atoms with Crippen LogP contribution in [0.1, 0.15) is 29.8 Å². The molecule has 0 unspecified atom stereocenters. The molecular formula is C15H17N3O. The highest BCUT2D eigenvalue weighted by Gasteiger charge is 2.21. The summed E-state index contributed by atoms with van der Waals surface area (Å²) in [6.07, 6.45) is 4.69. The van der Waals surface area contributed by atoms with Crippen molar-refractivity contribution < 1.29 is 4.79 Å². The Morgan fingerprint density at radius 1 is 1.26 bits per heavy atom. The molecule has 0 aliphatic heterocycles. The van der Waals surface area contributed by atoms with Crippen LogP contribution < -0.4 is 5.32 Å². The number of aromatic nitrogens is 2. The fourth-order valence-electron chi connectivity index (χ4n) is 2.09. The summed E-state index contributed by atoms with van der Waals surface area (Å²) < 4.78 is 1.71. The highest BCUT2D eigenvalue weighted by molar-refractivity contribution is 5.95. The zero-order valence-electron chi connectivity index (χ0n) is 10.7. The Bertz CT molecular complexity index is 558. The molecule has 0 radical (unpaired) electrons. The molecule has 1 aliphatic carbocycles. The van der Waals surface area contributed by atoms with Gasteiger partial charge in [0.25, 0.3) is 0 Å². The zero-order valence-corrected chi connectivity index (χ0v) is 10.7. The predicted molar refractivity (Wildman–Crippen MR) is 73.5 cm³/mol. The largest absolute Gasteiger partial charge is 0.314 e.